The van der Waals surface area contributed by atoms with Gasteiger partial charge in [-0.2, -0.15) is 0 Å². The van der Waals surface area contributed by atoms with Gasteiger partial charge in [-0.1, -0.05) is 30.3 Å². The lowest BCUT2D eigenvalue weighted by Crippen LogP contribution is -2.41. The van der Waals surface area contributed by atoms with E-state index >= 15 is 0 Å². The van der Waals surface area contributed by atoms with Crippen molar-refractivity contribution in [3.05, 3.63) is 78.4 Å². The minimum Gasteiger partial charge on any atom is -0.497 e. The molecule has 0 saturated heterocycles. The van der Waals surface area contributed by atoms with Gasteiger partial charge in [0, 0.05) is 6.07 Å². The summed E-state index contributed by atoms with van der Waals surface area (Å²) < 4.78 is 44.0. The Hall–Kier alpha value is -3.72. The number of nitrogens with zero attached hydrogens (tertiary/aromatic N) is 1. The van der Waals surface area contributed by atoms with E-state index in [4.69, 9.17) is 14.2 Å². The van der Waals surface area contributed by atoms with Crippen molar-refractivity contribution in [2.75, 3.05) is 32.2 Å². The van der Waals surface area contributed by atoms with Crippen molar-refractivity contribution < 1.29 is 27.4 Å². The molecule has 9 heteroatoms. The number of hydrogen-bond donors (Lipinski definition) is 1. The van der Waals surface area contributed by atoms with Crippen LogP contribution in [-0.2, 0) is 14.8 Å². The van der Waals surface area contributed by atoms with Crippen molar-refractivity contribution in [2.24, 2.45) is 0 Å². The first-order valence-electron chi connectivity index (χ1n) is 10.5. The van der Waals surface area contributed by atoms with Crippen LogP contribution in [0.5, 0.6) is 17.2 Å². The van der Waals surface area contributed by atoms with Crippen molar-refractivity contribution in [2.45, 2.75) is 17.9 Å². The minimum absolute atomic E-state index is 0.0591. The van der Waals surface area contributed by atoms with Gasteiger partial charge in [0.25, 0.3) is 10.0 Å². The topological polar surface area (TPSA) is 94.2 Å². The number of methoxy groups -OCH3 is 3. The molecule has 0 aromatic heterocycles. The number of rotatable bonds is 10. The molecule has 34 heavy (non-hydrogen) atoms. The number of carbonyl (C=O) groups excluding carboxylic acids is 1. The third kappa shape index (κ3) is 5.60. The van der Waals surface area contributed by atoms with Crippen molar-refractivity contribution in [3.63, 3.8) is 0 Å². The van der Waals surface area contributed by atoms with Gasteiger partial charge < -0.3 is 19.5 Å². The number of hydrogen-bond acceptors (Lipinski definition) is 6. The first kappa shape index (κ1) is 24.9. The molecule has 0 aliphatic carbocycles. The Morgan fingerprint density at radius 3 is 2.09 bits per heavy atom. The highest BCUT2D eigenvalue weighted by molar-refractivity contribution is 7.92. The number of nitrogens with one attached hydrogen (secondary N) is 1. The molecule has 0 heterocycles. The van der Waals surface area contributed by atoms with E-state index in [1.165, 1.54) is 26.4 Å². The fourth-order valence-corrected chi connectivity index (χ4v) is 4.86. The van der Waals surface area contributed by atoms with Crippen LogP contribution in [0, 0.1) is 0 Å². The van der Waals surface area contributed by atoms with E-state index in [1.807, 2.05) is 19.1 Å². The van der Waals surface area contributed by atoms with Crippen LogP contribution in [-0.4, -0.2) is 42.2 Å². The summed E-state index contributed by atoms with van der Waals surface area (Å²) in [5.74, 6) is 0.986. The SMILES string of the molecule is COc1ccc([C@@H](C)NC(=O)CN(c2ccc(OC)cc2OC)S(=O)(=O)c2ccccc2)cc1. The van der Waals surface area contributed by atoms with Crippen LogP contribution in [0.15, 0.2) is 77.7 Å². The predicted molar refractivity (Wildman–Crippen MR) is 130 cm³/mol. The van der Waals surface area contributed by atoms with Crippen LogP contribution in [0.25, 0.3) is 0 Å². The molecule has 0 unspecified atom stereocenters. The smallest absolute Gasteiger partial charge is 0.264 e. The van der Waals surface area contributed by atoms with Gasteiger partial charge in [-0.25, -0.2) is 8.42 Å². The molecule has 1 amide bonds. The molecular formula is C25H28N2O6S. The molecule has 3 aromatic carbocycles. The first-order valence-corrected chi connectivity index (χ1v) is 12.0. The van der Waals surface area contributed by atoms with Gasteiger partial charge >= 0.3 is 0 Å². The van der Waals surface area contributed by atoms with Crippen LogP contribution in [0.3, 0.4) is 0 Å². The van der Waals surface area contributed by atoms with Gasteiger partial charge in [-0.15, -0.1) is 0 Å². The number of sulfonamides is 1. The Morgan fingerprint density at radius 2 is 1.50 bits per heavy atom. The van der Waals surface area contributed by atoms with Gasteiger partial charge in [0.1, 0.15) is 23.8 Å². The van der Waals surface area contributed by atoms with Gasteiger partial charge in [0.05, 0.1) is 38.0 Å². The number of ether oxygens (including phenoxy) is 3. The molecule has 1 N–H and O–H groups in total. The quantitative estimate of drug-likeness (QED) is 0.471. The fourth-order valence-electron chi connectivity index (χ4n) is 3.40. The molecule has 3 aromatic rings. The summed E-state index contributed by atoms with van der Waals surface area (Å²) in [5, 5.41) is 2.87. The molecule has 1 atom stereocenters. The molecule has 0 spiro atoms. The van der Waals surface area contributed by atoms with Gasteiger partial charge in [-0.3, -0.25) is 9.10 Å². The van der Waals surface area contributed by atoms with Crippen molar-refractivity contribution in [3.8, 4) is 17.2 Å². The van der Waals surface area contributed by atoms with E-state index in [0.717, 1.165) is 9.87 Å². The zero-order valence-corrected chi connectivity index (χ0v) is 20.3. The van der Waals surface area contributed by atoms with Gasteiger partial charge in [0.15, 0.2) is 0 Å². The molecular weight excluding hydrogens is 456 g/mol. The third-order valence-corrected chi connectivity index (χ3v) is 7.04. The Kier molecular flexibility index (Phi) is 8.01. The standard InChI is InChI=1S/C25H28N2O6S/c1-18(19-10-12-20(31-2)13-11-19)26-25(28)17-27(34(29,30)22-8-6-5-7-9-22)23-15-14-21(32-3)16-24(23)33-4/h5-16,18H,17H2,1-4H3,(H,26,28)/t18-/m1/s1. The van der Waals surface area contributed by atoms with E-state index in [-0.39, 0.29) is 22.4 Å². The summed E-state index contributed by atoms with van der Waals surface area (Å²) in [4.78, 5) is 13.1. The molecule has 0 aliphatic heterocycles. The number of benzene rings is 3. The first-order chi connectivity index (χ1) is 16.3. The van der Waals surface area contributed by atoms with Crippen LogP contribution in [0.2, 0.25) is 0 Å². The third-order valence-electron chi connectivity index (χ3n) is 5.27. The van der Waals surface area contributed by atoms with Crippen LogP contribution in [0.4, 0.5) is 5.69 Å². The molecule has 3 rings (SSSR count). The van der Waals surface area contributed by atoms with Gasteiger partial charge in [0.2, 0.25) is 5.91 Å². The normalized spacial score (nSPS) is 11.9. The highest BCUT2D eigenvalue weighted by Gasteiger charge is 2.30. The molecule has 8 nitrogen and oxygen atoms in total. The van der Waals surface area contributed by atoms with Crippen molar-refractivity contribution in [1.82, 2.24) is 5.32 Å². The van der Waals surface area contributed by atoms with E-state index in [0.29, 0.717) is 11.5 Å². The summed E-state index contributed by atoms with van der Waals surface area (Å²) in [6.07, 6.45) is 0. The van der Waals surface area contributed by atoms with Gasteiger partial charge in [-0.05, 0) is 48.9 Å². The summed E-state index contributed by atoms with van der Waals surface area (Å²) in [6.45, 7) is 1.38. The Balaban J connectivity index is 1.93. The summed E-state index contributed by atoms with van der Waals surface area (Å²) in [7, 11) is 0.432. The largest absolute Gasteiger partial charge is 0.497 e. The summed E-state index contributed by atoms with van der Waals surface area (Å²) in [5.41, 5.74) is 1.08. The highest BCUT2D eigenvalue weighted by Crippen LogP contribution is 2.35. The minimum atomic E-state index is -4.08. The van der Waals surface area contributed by atoms with E-state index in [2.05, 4.69) is 5.32 Å². The summed E-state index contributed by atoms with van der Waals surface area (Å²) >= 11 is 0. The summed E-state index contributed by atoms with van der Waals surface area (Å²) in [6, 6.07) is 19.6. The van der Waals surface area contributed by atoms with Crippen LogP contribution in [0.1, 0.15) is 18.5 Å². The molecule has 0 aliphatic rings. The lowest BCUT2D eigenvalue weighted by Gasteiger charge is -2.26. The molecule has 0 radical (unpaired) electrons. The lowest BCUT2D eigenvalue weighted by atomic mass is 10.1. The monoisotopic (exact) mass is 484 g/mol. The maximum atomic E-state index is 13.6. The average Bonchev–Trinajstić information content (AvgIpc) is 2.87. The van der Waals surface area contributed by atoms with Crippen molar-refractivity contribution >= 4 is 21.6 Å². The molecule has 180 valence electrons. The second-order valence-corrected chi connectivity index (χ2v) is 9.29. The van der Waals surface area contributed by atoms with Crippen molar-refractivity contribution in [1.29, 1.82) is 0 Å². The number of carbonyl (C=O) groups is 1. The van der Waals surface area contributed by atoms with Crippen LogP contribution >= 0.6 is 0 Å². The Morgan fingerprint density at radius 1 is 0.882 bits per heavy atom. The second kappa shape index (κ2) is 10.9. The maximum absolute atomic E-state index is 13.6. The molecule has 0 bridgehead atoms. The second-order valence-electron chi connectivity index (χ2n) is 7.42. The maximum Gasteiger partial charge on any atom is 0.264 e. The molecule has 0 fully saturated rings. The van der Waals surface area contributed by atoms with Crippen LogP contribution < -0.4 is 23.8 Å². The van der Waals surface area contributed by atoms with E-state index in [9.17, 15) is 13.2 Å². The number of amides is 1. The van der Waals surface area contributed by atoms with E-state index < -0.39 is 22.5 Å². The lowest BCUT2D eigenvalue weighted by molar-refractivity contribution is -0.120. The number of anilines is 1. The zero-order valence-electron chi connectivity index (χ0n) is 19.5. The average molecular weight is 485 g/mol. The predicted octanol–water partition coefficient (Wildman–Crippen LogP) is 3.79. The zero-order chi connectivity index (χ0) is 24.7. The van der Waals surface area contributed by atoms with E-state index in [1.54, 1.807) is 55.6 Å². The Bertz CT molecular complexity index is 1210. The fraction of sp³-hybridized carbons (Fsp3) is 0.240. The molecule has 0 saturated carbocycles. The highest BCUT2D eigenvalue weighted by atomic mass is 32.2. The Labute approximate surface area is 200 Å².